The van der Waals surface area contributed by atoms with Gasteiger partial charge in [0.2, 0.25) is 11.4 Å². The maximum Gasteiger partial charge on any atom is 0.524 e. The van der Waals surface area contributed by atoms with E-state index in [9.17, 15) is 23.9 Å². The van der Waals surface area contributed by atoms with E-state index in [1.807, 2.05) is 79.7 Å². The fourth-order valence-electron chi connectivity index (χ4n) is 6.54. The van der Waals surface area contributed by atoms with Gasteiger partial charge in [-0.05, 0) is 46.5 Å². The zero-order valence-electron chi connectivity index (χ0n) is 25.9. The van der Waals surface area contributed by atoms with E-state index < -0.39 is 43.3 Å². The molecule has 0 saturated carbocycles. The molecule has 47 heavy (non-hydrogen) atoms. The van der Waals surface area contributed by atoms with Crippen LogP contribution in [0.3, 0.4) is 0 Å². The summed E-state index contributed by atoms with van der Waals surface area (Å²) in [6.45, 7) is 2.11. The highest BCUT2D eigenvalue weighted by molar-refractivity contribution is 7.46. The Bertz CT molecular complexity index is 1850. The molecule has 1 unspecified atom stereocenters. The molecule has 244 valence electrons. The molecule has 2 saturated heterocycles. The second-order valence-corrected chi connectivity index (χ2v) is 13.1. The third-order valence-electron chi connectivity index (χ3n) is 8.75. The zero-order chi connectivity index (χ0) is 33.3. The summed E-state index contributed by atoms with van der Waals surface area (Å²) in [5.41, 5.74) is 3.52. The predicted octanol–water partition coefficient (Wildman–Crippen LogP) is 2.94. The molecule has 2 fully saturated rings. The smallest absolute Gasteiger partial charge is 0.404 e. The van der Waals surface area contributed by atoms with Gasteiger partial charge in [0.05, 0.1) is 12.6 Å². The minimum atomic E-state index is -4.81. The Labute approximate surface area is 272 Å². The number of hydrogen-bond donors (Lipinski definition) is 4. The molecule has 4 N–H and O–H groups in total. The largest absolute Gasteiger partial charge is 0.524 e. The Morgan fingerprint density at radius 3 is 2.36 bits per heavy atom. The number of rotatable bonds is 9. The summed E-state index contributed by atoms with van der Waals surface area (Å²) in [6, 6.07) is 28.3. The Balaban J connectivity index is 1.46. The Kier molecular flexibility index (Phi) is 8.88. The van der Waals surface area contributed by atoms with Crippen molar-refractivity contribution in [2.45, 2.75) is 44.2 Å². The molecule has 6 rings (SSSR count). The van der Waals surface area contributed by atoms with E-state index in [-0.39, 0.29) is 31.8 Å². The molecule has 0 radical (unpaired) electrons. The first-order chi connectivity index (χ1) is 22.5. The number of carbonyl (C=O) groups excluding carboxylic acids is 3. The second-order valence-electron chi connectivity index (χ2n) is 11.9. The molecule has 0 aromatic heterocycles. The maximum absolute atomic E-state index is 15.1. The van der Waals surface area contributed by atoms with Crippen LogP contribution >= 0.6 is 7.82 Å². The zero-order valence-corrected chi connectivity index (χ0v) is 26.8. The van der Waals surface area contributed by atoms with Gasteiger partial charge in [-0.15, -0.1) is 0 Å². The van der Waals surface area contributed by atoms with Gasteiger partial charge in [0.15, 0.2) is 0 Å². The molecular weight excluding hydrogens is 621 g/mol. The van der Waals surface area contributed by atoms with Crippen LogP contribution in [0, 0.1) is 0 Å². The van der Waals surface area contributed by atoms with Gasteiger partial charge in [0.1, 0.15) is 11.9 Å². The van der Waals surface area contributed by atoms with E-state index in [0.717, 1.165) is 21.9 Å². The molecule has 0 spiro atoms. The lowest BCUT2D eigenvalue weighted by molar-refractivity contribution is -0.190. The lowest BCUT2D eigenvalue weighted by Gasteiger charge is -2.58. The van der Waals surface area contributed by atoms with Crippen molar-refractivity contribution in [1.29, 1.82) is 0 Å². The first kappa shape index (κ1) is 32.4. The average molecular weight is 658 g/mol. The molecule has 0 bridgehead atoms. The molecule has 4 aromatic carbocycles. The first-order valence-corrected chi connectivity index (χ1v) is 16.7. The van der Waals surface area contributed by atoms with E-state index in [4.69, 9.17) is 4.52 Å². The Morgan fingerprint density at radius 2 is 1.64 bits per heavy atom. The van der Waals surface area contributed by atoms with Crippen LogP contribution in [0.2, 0.25) is 0 Å². The van der Waals surface area contributed by atoms with Crippen molar-refractivity contribution in [3.05, 3.63) is 114 Å². The summed E-state index contributed by atoms with van der Waals surface area (Å²) in [7, 11) is -3.07. The second kappa shape index (κ2) is 12.9. The van der Waals surface area contributed by atoms with E-state index in [1.54, 1.807) is 17.0 Å². The first-order valence-electron chi connectivity index (χ1n) is 15.2. The van der Waals surface area contributed by atoms with Crippen molar-refractivity contribution in [1.82, 2.24) is 25.6 Å². The van der Waals surface area contributed by atoms with Crippen LogP contribution in [-0.4, -0.2) is 73.7 Å². The van der Waals surface area contributed by atoms with Crippen molar-refractivity contribution in [2.75, 3.05) is 13.6 Å². The third kappa shape index (κ3) is 6.51. The number of phosphoric acid groups is 1. The van der Waals surface area contributed by atoms with Crippen LogP contribution in [0.1, 0.15) is 23.6 Å². The Hall–Kier alpha value is -4.58. The standard InChI is InChI=1S/C34H36N5O7P/c1-23-31-36-37(2)22-30(40)39(31)34(32(41)35-20-25-9-4-3-5-10-25,19-24-15-17-28(18-16-24)46-47(43,44)45)33(42)38(23)21-27-13-8-12-26-11-6-7-14-29(26)27/h3-18,23,31,36H,19-22H2,1-2H3,(H,35,41)(H2,43,44,45)/t23-,31?,34-/m0/s1. The number of nitrogens with one attached hydrogen (secondary N) is 2. The average Bonchev–Trinajstić information content (AvgIpc) is 3.04. The van der Waals surface area contributed by atoms with Crippen molar-refractivity contribution < 1.29 is 33.3 Å². The normalized spacial score (nSPS) is 21.9. The molecule has 3 atom stereocenters. The molecule has 2 aliphatic rings. The van der Waals surface area contributed by atoms with E-state index in [2.05, 4.69) is 10.7 Å². The highest BCUT2D eigenvalue weighted by Gasteiger charge is 2.63. The summed E-state index contributed by atoms with van der Waals surface area (Å²) < 4.78 is 16.1. The summed E-state index contributed by atoms with van der Waals surface area (Å²) in [6.07, 6.45) is -0.941. The van der Waals surface area contributed by atoms with Gasteiger partial charge in [0.25, 0.3) is 11.8 Å². The molecule has 2 aliphatic heterocycles. The van der Waals surface area contributed by atoms with Crippen LogP contribution in [0.15, 0.2) is 97.1 Å². The molecule has 0 aliphatic carbocycles. The molecule has 3 amide bonds. The monoisotopic (exact) mass is 657 g/mol. The Morgan fingerprint density at radius 1 is 0.957 bits per heavy atom. The fourth-order valence-corrected chi connectivity index (χ4v) is 6.93. The molecule has 13 heteroatoms. The molecule has 2 heterocycles. The number of benzene rings is 4. The van der Waals surface area contributed by atoms with Crippen LogP contribution in [0.4, 0.5) is 0 Å². The predicted molar refractivity (Wildman–Crippen MR) is 174 cm³/mol. The van der Waals surface area contributed by atoms with Crippen LogP contribution in [0.25, 0.3) is 10.8 Å². The summed E-state index contributed by atoms with van der Waals surface area (Å²) in [4.78, 5) is 65.2. The number of hydrazine groups is 1. The summed E-state index contributed by atoms with van der Waals surface area (Å²) >= 11 is 0. The van der Waals surface area contributed by atoms with Gasteiger partial charge < -0.3 is 14.7 Å². The highest BCUT2D eigenvalue weighted by Crippen LogP contribution is 2.39. The van der Waals surface area contributed by atoms with E-state index >= 15 is 4.79 Å². The minimum Gasteiger partial charge on any atom is -0.404 e. The molecular formula is C34H36N5O7P. The summed E-state index contributed by atoms with van der Waals surface area (Å²) in [5.74, 6) is -1.64. The number of phosphoric ester groups is 1. The van der Waals surface area contributed by atoms with Crippen molar-refractivity contribution >= 4 is 36.3 Å². The minimum absolute atomic E-state index is 0.0669. The van der Waals surface area contributed by atoms with Gasteiger partial charge in [-0.3, -0.25) is 29.1 Å². The summed E-state index contributed by atoms with van der Waals surface area (Å²) in [5, 5.41) is 6.59. The van der Waals surface area contributed by atoms with Crippen molar-refractivity contribution in [3.63, 3.8) is 0 Å². The lowest BCUT2D eigenvalue weighted by atomic mass is 9.81. The number of hydrogen-bond acceptors (Lipinski definition) is 7. The van der Waals surface area contributed by atoms with Crippen LogP contribution in [-0.2, 0) is 38.5 Å². The molecule has 4 aromatic rings. The van der Waals surface area contributed by atoms with Gasteiger partial charge in [-0.2, -0.15) is 0 Å². The fraction of sp³-hybridized carbons (Fsp3) is 0.265. The quantitative estimate of drug-likeness (QED) is 0.157. The maximum atomic E-state index is 15.1. The number of likely N-dealkylation sites (N-methyl/N-ethyl adjacent to an activating group) is 1. The van der Waals surface area contributed by atoms with Crippen LogP contribution in [0.5, 0.6) is 5.75 Å². The van der Waals surface area contributed by atoms with E-state index in [1.165, 1.54) is 29.2 Å². The van der Waals surface area contributed by atoms with Gasteiger partial charge >= 0.3 is 7.82 Å². The molecule has 12 nitrogen and oxygen atoms in total. The van der Waals surface area contributed by atoms with Crippen molar-refractivity contribution in [3.8, 4) is 5.75 Å². The number of nitrogens with zero attached hydrogens (tertiary/aromatic N) is 3. The number of carbonyl (C=O) groups is 3. The SMILES string of the molecule is C[C@H]1C2NN(C)CC(=O)N2[C@@](Cc2ccc(OP(=O)(O)O)cc2)(C(=O)NCc2ccccc2)C(=O)N1Cc1cccc2ccccc12. The van der Waals surface area contributed by atoms with E-state index in [0.29, 0.717) is 5.56 Å². The van der Waals surface area contributed by atoms with Gasteiger partial charge in [-0.25, -0.2) is 15.0 Å². The highest BCUT2D eigenvalue weighted by atomic mass is 31.2. The number of piperazine rings is 1. The topological polar surface area (TPSA) is 152 Å². The van der Waals surface area contributed by atoms with Gasteiger partial charge in [0, 0.05) is 26.6 Å². The van der Waals surface area contributed by atoms with Gasteiger partial charge in [-0.1, -0.05) is 84.9 Å². The number of amides is 3. The number of fused-ring (bicyclic) bond motifs is 2. The van der Waals surface area contributed by atoms with Crippen LogP contribution < -0.4 is 15.3 Å². The lowest BCUT2D eigenvalue weighted by Crippen LogP contribution is -2.84. The third-order valence-corrected chi connectivity index (χ3v) is 9.19. The van der Waals surface area contributed by atoms with Crippen molar-refractivity contribution in [2.24, 2.45) is 0 Å².